The molecule has 1 saturated heterocycles. The highest BCUT2D eigenvalue weighted by molar-refractivity contribution is 6.39. The lowest BCUT2D eigenvalue weighted by Gasteiger charge is -2.35. The zero-order chi connectivity index (χ0) is 16.2. The Morgan fingerprint density at radius 3 is 2.61 bits per heavy atom. The van der Waals surface area contributed by atoms with Crippen molar-refractivity contribution in [1.82, 2.24) is 19.8 Å². The molecule has 0 unspecified atom stereocenters. The second kappa shape index (κ2) is 6.87. The number of rotatable bonds is 3. The Morgan fingerprint density at radius 1 is 1.17 bits per heavy atom. The first-order valence-corrected chi connectivity index (χ1v) is 7.89. The van der Waals surface area contributed by atoms with Crippen molar-refractivity contribution in [3.8, 4) is 0 Å². The minimum Gasteiger partial charge on any atom is -0.335 e. The molecule has 0 aromatic carbocycles. The highest BCUT2D eigenvalue weighted by Gasteiger charge is 2.28. The Balaban J connectivity index is 1.53. The minimum atomic E-state index is -0.0401. The molecule has 3 heterocycles. The first kappa shape index (κ1) is 15.6. The van der Waals surface area contributed by atoms with Crippen molar-refractivity contribution in [2.75, 3.05) is 33.2 Å². The molecular formula is C16H21N5O2. The van der Waals surface area contributed by atoms with Gasteiger partial charge >= 0.3 is 0 Å². The van der Waals surface area contributed by atoms with Gasteiger partial charge in [0.2, 0.25) is 5.91 Å². The van der Waals surface area contributed by atoms with Crippen LogP contribution in [0.5, 0.6) is 0 Å². The number of carbonyl (C=O) groups is 2. The first-order chi connectivity index (χ1) is 11.1. The zero-order valence-electron chi connectivity index (χ0n) is 13.3. The van der Waals surface area contributed by atoms with Gasteiger partial charge < -0.3 is 4.90 Å². The van der Waals surface area contributed by atoms with Crippen LogP contribution in [0.15, 0.2) is 29.5 Å². The molecule has 0 bridgehead atoms. The number of amides is 2. The molecule has 2 aliphatic rings. The fraction of sp³-hybridized carbons (Fsp3) is 0.500. The Labute approximate surface area is 135 Å². The smallest absolute Gasteiger partial charge is 0.270 e. The first-order valence-electron chi connectivity index (χ1n) is 7.89. The molecule has 3 rings (SSSR count). The van der Waals surface area contributed by atoms with Crippen molar-refractivity contribution in [3.05, 3.63) is 30.1 Å². The topological polar surface area (TPSA) is 69.1 Å². The summed E-state index contributed by atoms with van der Waals surface area (Å²) in [5.74, 6) is -0.0800. The summed E-state index contributed by atoms with van der Waals surface area (Å²) < 4.78 is 0. The van der Waals surface area contributed by atoms with Crippen LogP contribution in [-0.4, -0.2) is 70.5 Å². The lowest BCUT2D eigenvalue weighted by atomic mass is 10.1. The SMILES string of the molecule is CN1N=C(C(=O)N2CCN(Cc3ccccn3)CC2)CCC1=O. The molecule has 7 nitrogen and oxygen atoms in total. The van der Waals surface area contributed by atoms with Gasteiger partial charge in [-0.15, -0.1) is 0 Å². The van der Waals surface area contributed by atoms with Gasteiger partial charge in [0.15, 0.2) is 0 Å². The van der Waals surface area contributed by atoms with Crippen LogP contribution >= 0.6 is 0 Å². The molecule has 0 radical (unpaired) electrons. The number of hydrogen-bond donors (Lipinski definition) is 0. The summed E-state index contributed by atoms with van der Waals surface area (Å²) in [4.78, 5) is 32.4. The maximum Gasteiger partial charge on any atom is 0.270 e. The van der Waals surface area contributed by atoms with E-state index in [2.05, 4.69) is 15.0 Å². The summed E-state index contributed by atoms with van der Waals surface area (Å²) in [6.45, 7) is 3.82. The zero-order valence-corrected chi connectivity index (χ0v) is 13.3. The van der Waals surface area contributed by atoms with Crippen LogP contribution in [0, 0.1) is 0 Å². The standard InChI is InChI=1S/C16H21N5O2/c1-19-15(22)6-5-14(18-19)16(23)21-10-8-20(9-11-21)12-13-4-2-3-7-17-13/h2-4,7H,5-6,8-12H2,1H3. The van der Waals surface area contributed by atoms with Gasteiger partial charge in [0, 0.05) is 58.8 Å². The average Bonchev–Trinajstić information content (AvgIpc) is 2.58. The number of aromatic nitrogens is 1. The van der Waals surface area contributed by atoms with Crippen LogP contribution < -0.4 is 0 Å². The third-order valence-corrected chi connectivity index (χ3v) is 4.23. The third kappa shape index (κ3) is 3.73. The minimum absolute atomic E-state index is 0.0400. The molecule has 1 aromatic heterocycles. The van der Waals surface area contributed by atoms with E-state index < -0.39 is 0 Å². The van der Waals surface area contributed by atoms with Gasteiger partial charge in [-0.05, 0) is 12.1 Å². The number of piperazine rings is 1. The highest BCUT2D eigenvalue weighted by atomic mass is 16.2. The Morgan fingerprint density at radius 2 is 1.96 bits per heavy atom. The maximum absolute atomic E-state index is 12.5. The summed E-state index contributed by atoms with van der Waals surface area (Å²) >= 11 is 0. The quantitative estimate of drug-likeness (QED) is 0.806. The second-order valence-electron chi connectivity index (χ2n) is 5.85. The number of pyridine rings is 1. The van der Waals surface area contributed by atoms with Crippen molar-refractivity contribution >= 4 is 17.5 Å². The van der Waals surface area contributed by atoms with Gasteiger partial charge in [0.25, 0.3) is 5.91 Å². The van der Waals surface area contributed by atoms with Gasteiger partial charge in [-0.1, -0.05) is 6.07 Å². The largest absolute Gasteiger partial charge is 0.335 e. The molecule has 0 aliphatic carbocycles. The summed E-state index contributed by atoms with van der Waals surface area (Å²) in [5, 5.41) is 5.38. The molecule has 2 aliphatic heterocycles. The summed E-state index contributed by atoms with van der Waals surface area (Å²) in [6.07, 6.45) is 2.60. The van der Waals surface area contributed by atoms with Crippen molar-refractivity contribution < 1.29 is 9.59 Å². The molecule has 7 heteroatoms. The van der Waals surface area contributed by atoms with Crippen molar-refractivity contribution in [1.29, 1.82) is 0 Å². The van der Waals surface area contributed by atoms with E-state index in [4.69, 9.17) is 0 Å². The van der Waals surface area contributed by atoms with Crippen LogP contribution in [0.1, 0.15) is 18.5 Å². The predicted octanol–water partition coefficient (Wildman–Crippen LogP) is 0.334. The number of carbonyl (C=O) groups excluding carboxylic acids is 2. The summed E-state index contributed by atoms with van der Waals surface area (Å²) in [5.41, 5.74) is 1.54. The Bertz CT molecular complexity index is 608. The van der Waals surface area contributed by atoms with E-state index in [1.165, 1.54) is 5.01 Å². The molecular weight excluding hydrogens is 294 g/mol. The van der Waals surface area contributed by atoms with E-state index in [1.807, 2.05) is 23.1 Å². The number of nitrogens with zero attached hydrogens (tertiary/aromatic N) is 5. The van der Waals surface area contributed by atoms with Gasteiger partial charge in [-0.3, -0.25) is 19.5 Å². The molecule has 0 atom stereocenters. The van der Waals surface area contributed by atoms with Gasteiger partial charge in [0.1, 0.15) is 5.71 Å². The molecule has 0 spiro atoms. The van der Waals surface area contributed by atoms with E-state index in [0.717, 1.165) is 25.3 Å². The van der Waals surface area contributed by atoms with E-state index in [9.17, 15) is 9.59 Å². The van der Waals surface area contributed by atoms with Crippen LogP contribution in [0.3, 0.4) is 0 Å². The van der Waals surface area contributed by atoms with E-state index in [0.29, 0.717) is 31.6 Å². The van der Waals surface area contributed by atoms with Crippen molar-refractivity contribution in [3.63, 3.8) is 0 Å². The fourth-order valence-electron chi connectivity index (χ4n) is 2.84. The van der Waals surface area contributed by atoms with Crippen LogP contribution in [0.4, 0.5) is 0 Å². The third-order valence-electron chi connectivity index (χ3n) is 4.23. The molecule has 1 aromatic rings. The van der Waals surface area contributed by atoms with E-state index in [1.54, 1.807) is 13.2 Å². The van der Waals surface area contributed by atoms with Crippen LogP contribution in [0.25, 0.3) is 0 Å². The summed E-state index contributed by atoms with van der Waals surface area (Å²) in [6, 6.07) is 5.91. The Kier molecular flexibility index (Phi) is 4.66. The fourth-order valence-corrected chi connectivity index (χ4v) is 2.84. The molecule has 1 fully saturated rings. The van der Waals surface area contributed by atoms with Crippen LogP contribution in [0.2, 0.25) is 0 Å². The van der Waals surface area contributed by atoms with E-state index in [-0.39, 0.29) is 11.8 Å². The monoisotopic (exact) mass is 315 g/mol. The highest BCUT2D eigenvalue weighted by Crippen LogP contribution is 2.12. The van der Waals surface area contributed by atoms with Gasteiger partial charge in [0.05, 0.1) is 5.69 Å². The van der Waals surface area contributed by atoms with Crippen LogP contribution in [-0.2, 0) is 16.1 Å². The Hall–Kier alpha value is -2.28. The average molecular weight is 315 g/mol. The lowest BCUT2D eigenvalue weighted by Crippen LogP contribution is -2.51. The maximum atomic E-state index is 12.5. The molecule has 23 heavy (non-hydrogen) atoms. The van der Waals surface area contributed by atoms with Crippen molar-refractivity contribution in [2.45, 2.75) is 19.4 Å². The lowest BCUT2D eigenvalue weighted by molar-refractivity contribution is -0.131. The molecule has 0 N–H and O–H groups in total. The predicted molar refractivity (Wildman–Crippen MR) is 85.5 cm³/mol. The van der Waals surface area contributed by atoms with Gasteiger partial charge in [-0.25, -0.2) is 5.01 Å². The normalized spacial score (nSPS) is 19.7. The number of hydrazone groups is 1. The summed E-state index contributed by atoms with van der Waals surface area (Å²) in [7, 11) is 1.60. The molecule has 2 amide bonds. The van der Waals surface area contributed by atoms with E-state index >= 15 is 0 Å². The number of hydrogen-bond acceptors (Lipinski definition) is 5. The molecule has 0 saturated carbocycles. The van der Waals surface area contributed by atoms with Crippen molar-refractivity contribution in [2.24, 2.45) is 5.10 Å². The second-order valence-corrected chi connectivity index (χ2v) is 5.85. The van der Waals surface area contributed by atoms with Gasteiger partial charge in [-0.2, -0.15) is 5.10 Å². The molecule has 122 valence electrons.